The van der Waals surface area contributed by atoms with Gasteiger partial charge in [-0.15, -0.1) is 0 Å². The number of para-hydroxylation sites is 3. The van der Waals surface area contributed by atoms with Crippen LogP contribution in [0.1, 0.15) is 23.3 Å². The van der Waals surface area contributed by atoms with Gasteiger partial charge in [-0.05, 0) is 25.1 Å². The first kappa shape index (κ1) is 16.6. The zero-order valence-corrected chi connectivity index (χ0v) is 14.4. The molecule has 8 heteroatoms. The summed E-state index contributed by atoms with van der Waals surface area (Å²) in [6.07, 6.45) is 1.57. The second kappa shape index (κ2) is 6.49. The Morgan fingerprint density at radius 2 is 1.81 bits per heavy atom. The molecule has 0 fully saturated rings. The number of aromatic nitrogens is 2. The van der Waals surface area contributed by atoms with Crippen LogP contribution in [0.5, 0.6) is 0 Å². The molecule has 0 aliphatic heterocycles. The minimum Gasteiger partial charge on any atom is -0.408 e. The molecule has 2 heterocycles. The van der Waals surface area contributed by atoms with Gasteiger partial charge >= 0.3 is 5.76 Å². The standard InChI is InChI=1S/C19H16N4O4/c1-11(23-15-8-4-5-9-16(15)27-19(23)26)17(24)21-22-18(25)13-10-20-14-7-3-2-6-12(13)14/h2-11,20H,1H3,(H,21,24)(H,22,25). The van der Waals surface area contributed by atoms with E-state index in [0.717, 1.165) is 10.9 Å². The predicted octanol–water partition coefficient (Wildman–Crippen LogP) is 2.10. The molecule has 136 valence electrons. The summed E-state index contributed by atoms with van der Waals surface area (Å²) in [7, 11) is 0. The Labute approximate surface area is 152 Å². The third kappa shape index (κ3) is 2.86. The van der Waals surface area contributed by atoms with Crippen molar-refractivity contribution in [2.45, 2.75) is 13.0 Å². The molecule has 0 saturated heterocycles. The van der Waals surface area contributed by atoms with E-state index in [1.165, 1.54) is 4.57 Å². The molecule has 0 radical (unpaired) electrons. The van der Waals surface area contributed by atoms with Gasteiger partial charge in [0.1, 0.15) is 6.04 Å². The summed E-state index contributed by atoms with van der Waals surface area (Å²) < 4.78 is 6.38. The zero-order chi connectivity index (χ0) is 19.0. The zero-order valence-electron chi connectivity index (χ0n) is 14.4. The maximum Gasteiger partial charge on any atom is 0.420 e. The highest BCUT2D eigenvalue weighted by molar-refractivity contribution is 6.07. The monoisotopic (exact) mass is 364 g/mol. The van der Waals surface area contributed by atoms with Crippen LogP contribution in [0.2, 0.25) is 0 Å². The molecule has 1 unspecified atom stereocenters. The number of H-pyrrole nitrogens is 1. The molecule has 27 heavy (non-hydrogen) atoms. The molecule has 0 aliphatic carbocycles. The lowest BCUT2D eigenvalue weighted by atomic mass is 10.2. The minimum absolute atomic E-state index is 0.393. The number of amides is 2. The van der Waals surface area contributed by atoms with Crippen molar-refractivity contribution in [1.82, 2.24) is 20.4 Å². The van der Waals surface area contributed by atoms with Crippen LogP contribution in [0, 0.1) is 0 Å². The molecule has 4 rings (SSSR count). The van der Waals surface area contributed by atoms with E-state index in [1.54, 1.807) is 37.4 Å². The summed E-state index contributed by atoms with van der Waals surface area (Å²) in [5.74, 6) is -1.64. The number of aromatic amines is 1. The smallest absolute Gasteiger partial charge is 0.408 e. The van der Waals surface area contributed by atoms with Crippen molar-refractivity contribution in [1.29, 1.82) is 0 Å². The van der Waals surface area contributed by atoms with E-state index in [4.69, 9.17) is 4.42 Å². The van der Waals surface area contributed by atoms with Crippen molar-refractivity contribution < 1.29 is 14.0 Å². The lowest BCUT2D eigenvalue weighted by Gasteiger charge is -2.13. The third-order valence-corrected chi connectivity index (χ3v) is 4.42. The Balaban J connectivity index is 1.51. The molecular weight excluding hydrogens is 348 g/mol. The molecule has 0 aliphatic rings. The van der Waals surface area contributed by atoms with Crippen molar-refractivity contribution in [2.24, 2.45) is 0 Å². The van der Waals surface area contributed by atoms with Crippen LogP contribution < -0.4 is 16.6 Å². The topological polar surface area (TPSA) is 109 Å². The van der Waals surface area contributed by atoms with Crippen molar-refractivity contribution in [3.63, 3.8) is 0 Å². The van der Waals surface area contributed by atoms with E-state index in [9.17, 15) is 14.4 Å². The summed E-state index contributed by atoms with van der Waals surface area (Å²) >= 11 is 0. The van der Waals surface area contributed by atoms with Gasteiger partial charge < -0.3 is 9.40 Å². The first-order chi connectivity index (χ1) is 13.1. The average molecular weight is 364 g/mol. The first-order valence-electron chi connectivity index (χ1n) is 8.32. The molecule has 1 atom stereocenters. The number of carbonyl (C=O) groups is 2. The van der Waals surface area contributed by atoms with Gasteiger partial charge in [0.05, 0.1) is 11.1 Å². The summed E-state index contributed by atoms with van der Waals surface area (Å²) in [6.45, 7) is 1.55. The number of hydrogen-bond donors (Lipinski definition) is 3. The van der Waals surface area contributed by atoms with Crippen LogP contribution >= 0.6 is 0 Å². The summed E-state index contributed by atoms with van der Waals surface area (Å²) in [4.78, 5) is 39.9. The summed E-state index contributed by atoms with van der Waals surface area (Å²) in [6, 6.07) is 13.3. The number of nitrogens with zero attached hydrogens (tertiary/aromatic N) is 1. The number of hydrogen-bond acceptors (Lipinski definition) is 4. The molecule has 0 saturated carbocycles. The van der Waals surface area contributed by atoms with Gasteiger partial charge in [-0.2, -0.15) is 0 Å². The number of oxazole rings is 1. The van der Waals surface area contributed by atoms with Gasteiger partial charge in [0.15, 0.2) is 5.58 Å². The van der Waals surface area contributed by atoms with Gasteiger partial charge in [-0.25, -0.2) is 4.79 Å². The first-order valence-corrected chi connectivity index (χ1v) is 8.32. The summed E-state index contributed by atoms with van der Waals surface area (Å²) in [5, 5.41) is 0.745. The van der Waals surface area contributed by atoms with Crippen molar-refractivity contribution in [3.8, 4) is 0 Å². The minimum atomic E-state index is -0.871. The maximum absolute atomic E-state index is 12.4. The van der Waals surface area contributed by atoms with E-state index in [0.29, 0.717) is 16.7 Å². The molecule has 2 aromatic carbocycles. The van der Waals surface area contributed by atoms with E-state index >= 15 is 0 Å². The van der Waals surface area contributed by atoms with Gasteiger partial charge in [0, 0.05) is 17.1 Å². The van der Waals surface area contributed by atoms with E-state index in [1.807, 2.05) is 24.3 Å². The molecule has 4 aromatic rings. The normalized spacial score (nSPS) is 12.2. The Bertz CT molecular complexity index is 1220. The second-order valence-electron chi connectivity index (χ2n) is 6.07. The van der Waals surface area contributed by atoms with Crippen LogP contribution in [0.3, 0.4) is 0 Å². The molecule has 0 spiro atoms. The lowest BCUT2D eigenvalue weighted by molar-refractivity contribution is -0.124. The molecule has 3 N–H and O–H groups in total. The Kier molecular flexibility index (Phi) is 4.00. The van der Waals surface area contributed by atoms with Gasteiger partial charge in [-0.1, -0.05) is 30.3 Å². The molecule has 2 aromatic heterocycles. The molecule has 2 amide bonds. The second-order valence-corrected chi connectivity index (χ2v) is 6.07. The number of carbonyl (C=O) groups excluding carboxylic acids is 2. The van der Waals surface area contributed by atoms with E-state index < -0.39 is 23.6 Å². The van der Waals surface area contributed by atoms with Crippen LogP contribution in [0.15, 0.2) is 63.9 Å². The highest BCUT2D eigenvalue weighted by atomic mass is 16.4. The fraction of sp³-hybridized carbons (Fsp3) is 0.105. The predicted molar refractivity (Wildman–Crippen MR) is 99.1 cm³/mol. The third-order valence-electron chi connectivity index (χ3n) is 4.42. The number of fused-ring (bicyclic) bond motifs is 2. The number of hydrazine groups is 1. The van der Waals surface area contributed by atoms with Crippen LogP contribution in [-0.2, 0) is 4.79 Å². The number of rotatable bonds is 3. The SMILES string of the molecule is CC(C(=O)NNC(=O)c1c[nH]c2ccccc12)n1c(=O)oc2ccccc21. The van der Waals surface area contributed by atoms with Crippen LogP contribution in [0.4, 0.5) is 0 Å². The quantitative estimate of drug-likeness (QED) is 0.484. The Morgan fingerprint density at radius 1 is 1.07 bits per heavy atom. The maximum atomic E-state index is 12.4. The van der Waals surface area contributed by atoms with Crippen LogP contribution in [-0.4, -0.2) is 21.4 Å². The highest BCUT2D eigenvalue weighted by Gasteiger charge is 2.22. The fourth-order valence-electron chi connectivity index (χ4n) is 3.02. The highest BCUT2D eigenvalue weighted by Crippen LogP contribution is 2.18. The average Bonchev–Trinajstić information content (AvgIpc) is 3.25. The van der Waals surface area contributed by atoms with Gasteiger partial charge in [-0.3, -0.25) is 25.0 Å². The molecule has 0 bridgehead atoms. The summed E-state index contributed by atoms with van der Waals surface area (Å²) in [5.41, 5.74) is 6.87. The van der Waals surface area contributed by atoms with Gasteiger partial charge in [0.25, 0.3) is 11.8 Å². The number of nitrogens with one attached hydrogen (secondary N) is 3. The Hall–Kier alpha value is -3.81. The molecule has 8 nitrogen and oxygen atoms in total. The number of benzene rings is 2. The largest absolute Gasteiger partial charge is 0.420 e. The van der Waals surface area contributed by atoms with Crippen molar-refractivity contribution in [2.75, 3.05) is 0 Å². The fourth-order valence-corrected chi connectivity index (χ4v) is 3.02. The van der Waals surface area contributed by atoms with Crippen molar-refractivity contribution >= 4 is 33.8 Å². The van der Waals surface area contributed by atoms with E-state index in [2.05, 4.69) is 15.8 Å². The van der Waals surface area contributed by atoms with Gasteiger partial charge in [0.2, 0.25) is 0 Å². The molecular formula is C19H16N4O4. The van der Waals surface area contributed by atoms with E-state index in [-0.39, 0.29) is 0 Å². The van der Waals surface area contributed by atoms with Crippen LogP contribution in [0.25, 0.3) is 22.0 Å². The van der Waals surface area contributed by atoms with Crippen molar-refractivity contribution in [3.05, 3.63) is 70.8 Å². The Morgan fingerprint density at radius 3 is 2.67 bits per heavy atom. The lowest BCUT2D eigenvalue weighted by Crippen LogP contribution is -2.45.